The maximum atomic E-state index is 14.3. The quantitative estimate of drug-likeness (QED) is 0.153. The Kier molecular flexibility index (Phi) is 7.28. The number of ether oxygens (including phenoxy) is 1. The van der Waals surface area contributed by atoms with Crippen LogP contribution < -0.4 is 0 Å². The Labute approximate surface area is 214 Å². The van der Waals surface area contributed by atoms with Gasteiger partial charge in [0.15, 0.2) is 17.5 Å². The van der Waals surface area contributed by atoms with Gasteiger partial charge < -0.3 is 20.1 Å². The fourth-order valence-corrected chi connectivity index (χ4v) is 7.55. The van der Waals surface area contributed by atoms with E-state index >= 15 is 0 Å². The number of ketones is 1. The van der Waals surface area contributed by atoms with Gasteiger partial charge in [0.2, 0.25) is 0 Å². The first-order valence-electron chi connectivity index (χ1n) is 13.5. The molecular weight excluding hydrogens is 456 g/mol. The molecule has 3 N–H and O–H groups in total. The minimum Gasteiger partial charge on any atom is -0.451 e. The van der Waals surface area contributed by atoms with Gasteiger partial charge in [-0.05, 0) is 60.5 Å². The summed E-state index contributed by atoms with van der Waals surface area (Å²) in [6.07, 6.45) is 12.4. The lowest BCUT2D eigenvalue weighted by atomic mass is 9.59. The molecule has 4 aliphatic carbocycles. The van der Waals surface area contributed by atoms with Crippen molar-refractivity contribution in [3.63, 3.8) is 0 Å². The summed E-state index contributed by atoms with van der Waals surface area (Å²) in [5.41, 5.74) is -2.79. The number of aliphatic hydroxyl groups is 3. The zero-order valence-corrected chi connectivity index (χ0v) is 22.2. The molecule has 6 nitrogen and oxygen atoms in total. The van der Waals surface area contributed by atoms with E-state index in [2.05, 4.69) is 20.8 Å². The second-order valence-electron chi connectivity index (χ2n) is 12.0. The van der Waals surface area contributed by atoms with Crippen molar-refractivity contribution in [2.45, 2.75) is 84.5 Å². The Bertz CT molecular complexity index is 1020. The van der Waals surface area contributed by atoms with Gasteiger partial charge in [0.25, 0.3) is 0 Å². The van der Waals surface area contributed by atoms with E-state index < -0.39 is 41.7 Å². The molecule has 2 fully saturated rings. The number of rotatable bonds is 8. The molecule has 2 saturated carbocycles. The highest BCUT2D eigenvalue weighted by Gasteiger charge is 2.76. The summed E-state index contributed by atoms with van der Waals surface area (Å²) >= 11 is 0. The topological polar surface area (TPSA) is 104 Å². The van der Waals surface area contributed by atoms with Crippen LogP contribution in [0, 0.1) is 34.5 Å². The van der Waals surface area contributed by atoms with Crippen LogP contribution in [0.15, 0.2) is 47.6 Å². The minimum absolute atomic E-state index is 0.0376. The summed E-state index contributed by atoms with van der Waals surface area (Å²) in [5, 5.41) is 34.0. The Morgan fingerprint density at radius 2 is 1.97 bits per heavy atom. The summed E-state index contributed by atoms with van der Waals surface area (Å²) in [5.74, 6) is -1.27. The van der Waals surface area contributed by atoms with Crippen molar-refractivity contribution in [1.82, 2.24) is 0 Å². The van der Waals surface area contributed by atoms with E-state index in [0.717, 1.165) is 32.1 Å². The third-order valence-corrected chi connectivity index (χ3v) is 9.59. The maximum absolute atomic E-state index is 14.3. The number of allylic oxidation sites excluding steroid dienone is 4. The molecule has 6 heteroatoms. The molecule has 0 aromatic carbocycles. The van der Waals surface area contributed by atoms with Crippen LogP contribution in [0.25, 0.3) is 0 Å². The molecule has 8 atom stereocenters. The maximum Gasteiger partial charge on any atom is 0.331 e. The number of carbonyl (C=O) groups is 2. The first-order valence-corrected chi connectivity index (χ1v) is 13.5. The SMILES string of the molecule is CCCCCC=CC=CC(=O)OC1C(CO)=CC2C(=O)C3(C=C(C)C(O)C13O)C(C)CC1C2C1(C)C. The van der Waals surface area contributed by atoms with Crippen LogP contribution in [0.3, 0.4) is 0 Å². The fraction of sp³-hybridized carbons (Fsp3) is 0.667. The molecular formula is C30H42O6. The van der Waals surface area contributed by atoms with E-state index in [1.807, 2.05) is 13.0 Å². The monoisotopic (exact) mass is 498 g/mol. The molecule has 0 aromatic rings. The molecule has 0 aliphatic heterocycles. The molecule has 4 aliphatic rings. The number of hydrogen-bond acceptors (Lipinski definition) is 6. The number of unbranched alkanes of at least 4 members (excludes halogenated alkanes) is 3. The summed E-state index contributed by atoms with van der Waals surface area (Å²) < 4.78 is 5.81. The van der Waals surface area contributed by atoms with Gasteiger partial charge in [0.05, 0.1) is 12.0 Å². The zero-order valence-electron chi connectivity index (χ0n) is 22.2. The van der Waals surface area contributed by atoms with Crippen molar-refractivity contribution in [3.05, 3.63) is 47.6 Å². The Balaban J connectivity index is 1.71. The number of fused-ring (bicyclic) bond motifs is 3. The van der Waals surface area contributed by atoms with E-state index in [1.54, 1.807) is 31.2 Å². The standard InChI is InChI=1S/C30H42O6/c1-6-7-8-9-10-11-12-13-23(32)36-27-20(17-31)15-21-24-22(28(24,4)5)14-19(3)29(26(21)34)16-18(2)25(33)30(27,29)35/h10-13,15-16,19,21-22,24-25,27,31,33,35H,6-9,14,17H2,1-5H3. The van der Waals surface area contributed by atoms with Crippen molar-refractivity contribution >= 4 is 11.8 Å². The predicted octanol–water partition coefficient (Wildman–Crippen LogP) is 4.06. The average molecular weight is 499 g/mol. The number of hydrogen-bond donors (Lipinski definition) is 3. The van der Waals surface area contributed by atoms with Crippen molar-refractivity contribution in [2.24, 2.45) is 34.5 Å². The van der Waals surface area contributed by atoms with E-state index in [1.165, 1.54) is 6.08 Å². The molecule has 0 heterocycles. The molecule has 0 radical (unpaired) electrons. The predicted molar refractivity (Wildman–Crippen MR) is 138 cm³/mol. The third kappa shape index (κ3) is 3.88. The lowest BCUT2D eigenvalue weighted by molar-refractivity contribution is -0.202. The van der Waals surface area contributed by atoms with Crippen molar-refractivity contribution in [2.75, 3.05) is 6.61 Å². The lowest BCUT2D eigenvalue weighted by Gasteiger charge is -2.49. The van der Waals surface area contributed by atoms with E-state index in [4.69, 9.17) is 4.74 Å². The minimum atomic E-state index is -2.10. The Hall–Kier alpha value is -2.02. The second-order valence-corrected chi connectivity index (χ2v) is 12.0. The molecule has 0 aromatic heterocycles. The summed E-state index contributed by atoms with van der Waals surface area (Å²) in [4.78, 5) is 27.2. The van der Waals surface area contributed by atoms with Gasteiger partial charge in [-0.2, -0.15) is 0 Å². The van der Waals surface area contributed by atoms with E-state index in [-0.39, 0.29) is 28.6 Å². The third-order valence-electron chi connectivity index (χ3n) is 9.59. The van der Waals surface area contributed by atoms with Crippen LogP contribution in [-0.4, -0.2) is 51.5 Å². The second kappa shape index (κ2) is 9.70. The molecule has 36 heavy (non-hydrogen) atoms. The van der Waals surface area contributed by atoms with Gasteiger partial charge in [-0.15, -0.1) is 0 Å². The number of esters is 1. The normalized spacial score (nSPS) is 40.8. The number of aliphatic hydroxyl groups excluding tert-OH is 2. The zero-order chi connectivity index (χ0) is 26.5. The van der Waals surface area contributed by atoms with Crippen LogP contribution in [-0.2, 0) is 14.3 Å². The first kappa shape index (κ1) is 27.0. The smallest absolute Gasteiger partial charge is 0.331 e. The highest BCUT2D eigenvalue weighted by molar-refractivity contribution is 5.95. The van der Waals surface area contributed by atoms with Crippen molar-refractivity contribution in [1.29, 1.82) is 0 Å². The number of Topliss-reactive ketones (excluding diaryl/α,β-unsaturated/α-hetero) is 1. The van der Waals surface area contributed by atoms with E-state index in [0.29, 0.717) is 11.5 Å². The molecule has 0 saturated heterocycles. The molecule has 4 rings (SSSR count). The van der Waals surface area contributed by atoms with Crippen molar-refractivity contribution < 1.29 is 29.6 Å². The van der Waals surface area contributed by atoms with Gasteiger partial charge in [-0.25, -0.2) is 4.79 Å². The molecule has 0 amide bonds. The van der Waals surface area contributed by atoms with Crippen LogP contribution in [0.5, 0.6) is 0 Å². The van der Waals surface area contributed by atoms with Gasteiger partial charge in [-0.1, -0.05) is 70.9 Å². The molecule has 198 valence electrons. The summed E-state index contributed by atoms with van der Waals surface area (Å²) in [6, 6.07) is 0. The van der Waals surface area contributed by atoms with Crippen LogP contribution in [0.1, 0.15) is 66.7 Å². The highest BCUT2D eigenvalue weighted by Crippen LogP contribution is 2.71. The molecule has 1 spiro atoms. The van der Waals surface area contributed by atoms with Gasteiger partial charge in [0, 0.05) is 12.0 Å². The average Bonchev–Trinajstić information content (AvgIpc) is 3.34. The Morgan fingerprint density at radius 3 is 2.64 bits per heavy atom. The fourth-order valence-electron chi connectivity index (χ4n) is 7.55. The highest BCUT2D eigenvalue weighted by atomic mass is 16.6. The van der Waals surface area contributed by atoms with Gasteiger partial charge >= 0.3 is 5.97 Å². The summed E-state index contributed by atoms with van der Waals surface area (Å²) in [7, 11) is 0. The van der Waals surface area contributed by atoms with Gasteiger partial charge in [-0.3, -0.25) is 4.79 Å². The Morgan fingerprint density at radius 1 is 1.25 bits per heavy atom. The summed E-state index contributed by atoms with van der Waals surface area (Å²) in [6.45, 7) is 9.62. The largest absolute Gasteiger partial charge is 0.451 e. The van der Waals surface area contributed by atoms with E-state index in [9.17, 15) is 24.9 Å². The van der Waals surface area contributed by atoms with Crippen LogP contribution >= 0.6 is 0 Å². The number of carbonyl (C=O) groups excluding carboxylic acids is 2. The molecule has 2 bridgehead atoms. The lowest BCUT2D eigenvalue weighted by Crippen LogP contribution is -2.66. The molecule has 8 unspecified atom stereocenters. The van der Waals surface area contributed by atoms with Crippen LogP contribution in [0.4, 0.5) is 0 Å². The first-order chi connectivity index (χ1) is 17.0. The van der Waals surface area contributed by atoms with Crippen LogP contribution in [0.2, 0.25) is 0 Å². The van der Waals surface area contributed by atoms with Gasteiger partial charge in [0.1, 0.15) is 6.10 Å². The van der Waals surface area contributed by atoms with Crippen molar-refractivity contribution in [3.8, 4) is 0 Å².